The lowest BCUT2D eigenvalue weighted by atomic mass is 10.1. The molecule has 0 N–H and O–H groups in total. The van der Waals surface area contributed by atoms with Gasteiger partial charge in [-0.3, -0.25) is 0 Å². The van der Waals surface area contributed by atoms with E-state index in [0.29, 0.717) is 0 Å². The molecule has 0 aliphatic carbocycles. The summed E-state index contributed by atoms with van der Waals surface area (Å²) in [5.74, 6) is 0. The van der Waals surface area contributed by atoms with E-state index in [0.717, 1.165) is 19.3 Å². The molecule has 0 fully saturated rings. The Morgan fingerprint density at radius 3 is 2.21 bits per heavy atom. The van der Waals surface area contributed by atoms with E-state index in [1.54, 1.807) is 12.1 Å². The topological polar surface area (TPSA) is 34.1 Å². The van der Waals surface area contributed by atoms with Crippen LogP contribution in [0.15, 0.2) is 29.2 Å². The molecule has 0 aromatic heterocycles. The second-order valence-corrected chi connectivity index (χ2v) is 5.06. The van der Waals surface area contributed by atoms with Crippen LogP contribution in [0.4, 0.5) is 0 Å². The molecule has 77 valence electrons. The summed E-state index contributed by atoms with van der Waals surface area (Å²) >= 11 is 0. The van der Waals surface area contributed by atoms with Crippen LogP contribution < -0.4 is 0 Å². The van der Waals surface area contributed by atoms with Crippen LogP contribution in [0.2, 0.25) is 0 Å². The molecule has 2 nitrogen and oxygen atoms in total. The van der Waals surface area contributed by atoms with Gasteiger partial charge in [0, 0.05) is 0 Å². The zero-order valence-corrected chi connectivity index (χ0v) is 9.18. The highest BCUT2D eigenvalue weighted by atomic mass is 32.2. The summed E-state index contributed by atoms with van der Waals surface area (Å²) in [7, 11) is -3.29. The molecule has 1 rings (SSSR count). The van der Waals surface area contributed by atoms with E-state index in [2.05, 4.69) is 13.2 Å². The van der Waals surface area contributed by atoms with Gasteiger partial charge in [-0.25, -0.2) is 8.42 Å². The fraction of sp³-hybridized carbons (Fsp3) is 0.364. The van der Waals surface area contributed by atoms with Crippen LogP contribution in [0.25, 0.3) is 0 Å². The minimum absolute atomic E-state index is 0.290. The van der Waals surface area contributed by atoms with Gasteiger partial charge in [-0.2, -0.15) is 0 Å². The number of rotatable bonds is 4. The molecule has 0 bridgehead atoms. The first-order valence-electron chi connectivity index (χ1n) is 4.71. The molecule has 0 spiro atoms. The van der Waals surface area contributed by atoms with Crippen LogP contribution in [-0.2, 0) is 16.3 Å². The van der Waals surface area contributed by atoms with Gasteiger partial charge >= 0.3 is 0 Å². The number of hydrogen-bond donors (Lipinski definition) is 0. The van der Waals surface area contributed by atoms with Crippen LogP contribution in [0.3, 0.4) is 0 Å². The largest absolute Gasteiger partial charge is 0.224 e. The fourth-order valence-electron chi connectivity index (χ4n) is 1.24. The minimum atomic E-state index is -3.29. The number of unbranched alkanes of at least 4 members (excludes halogenated alkanes) is 1. The molecule has 0 aliphatic rings. The molecule has 0 atom stereocenters. The molecule has 1 radical (unpaired) electrons. The van der Waals surface area contributed by atoms with E-state index in [-0.39, 0.29) is 4.90 Å². The third-order valence-corrected chi connectivity index (χ3v) is 3.09. The zero-order valence-electron chi connectivity index (χ0n) is 8.36. The summed E-state index contributed by atoms with van der Waals surface area (Å²) in [5.41, 5.74) is 1.18. The highest BCUT2D eigenvalue weighted by Crippen LogP contribution is 2.12. The highest BCUT2D eigenvalue weighted by Gasteiger charge is 2.05. The molecular weight excluding hydrogens is 196 g/mol. The van der Waals surface area contributed by atoms with E-state index < -0.39 is 9.84 Å². The highest BCUT2D eigenvalue weighted by molar-refractivity contribution is 7.92. The maximum atomic E-state index is 11.0. The summed E-state index contributed by atoms with van der Waals surface area (Å²) in [6, 6.07) is 6.95. The Kier molecular flexibility index (Phi) is 3.69. The van der Waals surface area contributed by atoms with E-state index in [9.17, 15) is 8.42 Å². The van der Waals surface area contributed by atoms with Crippen LogP contribution in [0.5, 0.6) is 0 Å². The van der Waals surface area contributed by atoms with Crippen LogP contribution in [0, 0.1) is 6.26 Å². The van der Waals surface area contributed by atoms with E-state index in [1.165, 1.54) is 5.56 Å². The first-order valence-corrected chi connectivity index (χ1v) is 6.36. The summed E-state index contributed by atoms with van der Waals surface area (Å²) in [5, 5.41) is 0. The first-order chi connectivity index (χ1) is 6.54. The molecule has 1 aromatic rings. The Morgan fingerprint density at radius 1 is 1.21 bits per heavy atom. The zero-order chi connectivity index (χ0) is 10.6. The van der Waals surface area contributed by atoms with Gasteiger partial charge in [-0.15, -0.1) is 0 Å². The lowest BCUT2D eigenvalue weighted by Gasteiger charge is -2.01. The molecule has 0 heterocycles. The number of sulfone groups is 1. The number of aryl methyl sites for hydroxylation is 1. The summed E-state index contributed by atoms with van der Waals surface area (Å²) in [6.07, 6.45) is 6.40. The number of hydrogen-bond acceptors (Lipinski definition) is 2. The summed E-state index contributed by atoms with van der Waals surface area (Å²) in [6.45, 7) is 2.13. The Labute approximate surface area is 85.9 Å². The maximum Gasteiger partial charge on any atom is 0.179 e. The van der Waals surface area contributed by atoms with Gasteiger partial charge in [0.2, 0.25) is 0 Å². The Hall–Kier alpha value is -0.830. The molecule has 3 heteroatoms. The third kappa shape index (κ3) is 3.14. The maximum absolute atomic E-state index is 11.0. The lowest BCUT2D eigenvalue weighted by Crippen LogP contribution is -1.94. The smallest absolute Gasteiger partial charge is 0.179 e. The van der Waals surface area contributed by atoms with Crippen molar-refractivity contribution in [1.29, 1.82) is 0 Å². The van der Waals surface area contributed by atoms with Gasteiger partial charge in [-0.1, -0.05) is 25.5 Å². The molecule has 14 heavy (non-hydrogen) atoms. The second-order valence-electron chi connectivity index (χ2n) is 3.36. The van der Waals surface area contributed by atoms with Crippen molar-refractivity contribution in [2.75, 3.05) is 0 Å². The minimum Gasteiger partial charge on any atom is -0.224 e. The van der Waals surface area contributed by atoms with Crippen molar-refractivity contribution >= 4 is 9.84 Å². The predicted octanol–water partition coefficient (Wildman–Crippen LogP) is 2.59. The average Bonchev–Trinajstić information content (AvgIpc) is 2.14. The van der Waals surface area contributed by atoms with Crippen molar-refractivity contribution in [2.24, 2.45) is 0 Å². The second kappa shape index (κ2) is 4.60. The monoisotopic (exact) mass is 211 g/mol. The van der Waals surface area contributed by atoms with Gasteiger partial charge in [0.15, 0.2) is 9.84 Å². The van der Waals surface area contributed by atoms with Crippen molar-refractivity contribution in [3.8, 4) is 0 Å². The predicted molar refractivity (Wildman–Crippen MR) is 57.6 cm³/mol. The van der Waals surface area contributed by atoms with Crippen molar-refractivity contribution in [2.45, 2.75) is 31.1 Å². The Balaban J connectivity index is 2.79. The Morgan fingerprint density at radius 2 is 1.79 bits per heavy atom. The van der Waals surface area contributed by atoms with Crippen molar-refractivity contribution < 1.29 is 8.42 Å². The lowest BCUT2D eigenvalue weighted by molar-refractivity contribution is 0.604. The van der Waals surface area contributed by atoms with Gasteiger partial charge in [0.25, 0.3) is 0 Å². The first kappa shape index (κ1) is 11.2. The van der Waals surface area contributed by atoms with Crippen molar-refractivity contribution in [3.05, 3.63) is 36.1 Å². The summed E-state index contributed by atoms with van der Waals surface area (Å²) in [4.78, 5) is 0.290. The summed E-state index contributed by atoms with van der Waals surface area (Å²) < 4.78 is 22.1. The van der Waals surface area contributed by atoms with Gasteiger partial charge in [-0.05, 0) is 30.5 Å². The standard InChI is InChI=1S/C11H15O2S/c1-3-4-5-10-6-8-11(9-7-10)14(2,12)13/h6-9H,2-5H2,1H3. The van der Waals surface area contributed by atoms with Crippen LogP contribution >= 0.6 is 0 Å². The van der Waals surface area contributed by atoms with Gasteiger partial charge < -0.3 is 0 Å². The average molecular weight is 211 g/mol. The molecule has 0 unspecified atom stereocenters. The fourth-order valence-corrected chi connectivity index (χ4v) is 1.80. The molecule has 1 aromatic carbocycles. The van der Waals surface area contributed by atoms with Crippen LogP contribution in [-0.4, -0.2) is 8.42 Å². The van der Waals surface area contributed by atoms with Crippen LogP contribution in [0.1, 0.15) is 25.3 Å². The SMILES string of the molecule is [CH2]S(=O)(=O)c1ccc(CCCC)cc1. The van der Waals surface area contributed by atoms with Crippen molar-refractivity contribution in [3.63, 3.8) is 0 Å². The van der Waals surface area contributed by atoms with Crippen molar-refractivity contribution in [1.82, 2.24) is 0 Å². The molecule has 0 saturated heterocycles. The normalized spacial score (nSPS) is 11.6. The molecular formula is C11H15O2S. The van der Waals surface area contributed by atoms with Gasteiger partial charge in [0.05, 0.1) is 11.2 Å². The molecule has 0 aliphatic heterocycles. The molecule has 0 amide bonds. The Bertz CT molecular complexity index is 376. The van der Waals surface area contributed by atoms with Gasteiger partial charge in [0.1, 0.15) is 0 Å². The third-order valence-electron chi connectivity index (χ3n) is 2.10. The molecule has 0 saturated carbocycles. The quantitative estimate of drug-likeness (QED) is 0.767. The van der Waals surface area contributed by atoms with E-state index in [1.807, 2.05) is 12.1 Å². The van der Waals surface area contributed by atoms with E-state index in [4.69, 9.17) is 0 Å². The van der Waals surface area contributed by atoms with E-state index >= 15 is 0 Å². The number of benzene rings is 1.